The number of nitrogens with two attached hydrogens (primary N) is 1. The quantitative estimate of drug-likeness (QED) is 0.903. The molecule has 0 spiro atoms. The summed E-state index contributed by atoms with van der Waals surface area (Å²) >= 11 is 0. The highest BCUT2D eigenvalue weighted by Crippen LogP contribution is 2.38. The Morgan fingerprint density at radius 3 is 2.80 bits per heavy atom. The van der Waals surface area contributed by atoms with Gasteiger partial charge in [0, 0.05) is 35.8 Å². The summed E-state index contributed by atoms with van der Waals surface area (Å²) in [5.74, 6) is 0.887. The molecule has 3 aliphatic heterocycles. The number of furan rings is 1. The van der Waals surface area contributed by atoms with Crippen LogP contribution in [0.1, 0.15) is 35.0 Å². The van der Waals surface area contributed by atoms with Gasteiger partial charge in [0.15, 0.2) is 5.76 Å². The Labute approximate surface area is 116 Å². The molecule has 0 saturated carbocycles. The predicted octanol–water partition coefficient (Wildman–Crippen LogP) is 1.74. The Kier molecular flexibility index (Phi) is 2.57. The first kappa shape index (κ1) is 11.9. The average Bonchev–Trinajstić information content (AvgIpc) is 2.91. The minimum absolute atomic E-state index is 0.202. The van der Waals surface area contributed by atoms with Crippen molar-refractivity contribution in [3.8, 4) is 0 Å². The Bertz CT molecular complexity index is 671. The van der Waals surface area contributed by atoms with E-state index in [9.17, 15) is 4.79 Å². The smallest absolute Gasteiger partial charge is 0.284 e. The molecular weight excluding hydrogens is 254 g/mol. The molecular formula is C15H17N3O2. The molecule has 2 N–H and O–H groups in total. The van der Waals surface area contributed by atoms with Crippen LogP contribution in [0.4, 0.5) is 0 Å². The number of nitrogens with zero attached hydrogens (tertiary/aromatic N) is 2. The van der Waals surface area contributed by atoms with E-state index in [0.717, 1.165) is 23.5 Å². The first-order valence-electron chi connectivity index (χ1n) is 7.12. The van der Waals surface area contributed by atoms with Gasteiger partial charge in [0.1, 0.15) is 5.58 Å². The minimum Gasteiger partial charge on any atom is -0.451 e. The lowest BCUT2D eigenvalue weighted by Gasteiger charge is -2.44. The molecule has 0 radical (unpaired) electrons. The van der Waals surface area contributed by atoms with E-state index in [0.29, 0.717) is 11.5 Å². The second-order valence-electron chi connectivity index (χ2n) is 5.87. The second kappa shape index (κ2) is 4.31. The van der Waals surface area contributed by atoms with Gasteiger partial charge in [0.25, 0.3) is 5.91 Å². The maximum absolute atomic E-state index is 11.2. The van der Waals surface area contributed by atoms with Crippen molar-refractivity contribution in [3.63, 3.8) is 0 Å². The molecule has 5 heterocycles. The Morgan fingerprint density at radius 1 is 1.35 bits per heavy atom. The van der Waals surface area contributed by atoms with Crippen LogP contribution < -0.4 is 5.73 Å². The predicted molar refractivity (Wildman–Crippen MR) is 74.4 cm³/mol. The van der Waals surface area contributed by atoms with E-state index >= 15 is 0 Å². The van der Waals surface area contributed by atoms with Gasteiger partial charge in [-0.3, -0.25) is 9.78 Å². The van der Waals surface area contributed by atoms with Crippen molar-refractivity contribution in [2.24, 2.45) is 11.7 Å². The number of rotatable bonds is 2. The summed E-state index contributed by atoms with van der Waals surface area (Å²) in [5.41, 5.74) is 7.04. The molecule has 3 saturated heterocycles. The molecule has 5 heteroatoms. The maximum Gasteiger partial charge on any atom is 0.284 e. The van der Waals surface area contributed by atoms with E-state index in [1.54, 1.807) is 12.3 Å². The average molecular weight is 271 g/mol. The number of hydrogen-bond donors (Lipinski definition) is 1. The van der Waals surface area contributed by atoms with Gasteiger partial charge in [-0.15, -0.1) is 0 Å². The largest absolute Gasteiger partial charge is 0.451 e. The van der Waals surface area contributed by atoms with E-state index in [2.05, 4.69) is 9.88 Å². The van der Waals surface area contributed by atoms with Crippen LogP contribution in [0, 0.1) is 5.92 Å². The van der Waals surface area contributed by atoms with Crippen molar-refractivity contribution >= 4 is 16.9 Å². The Hall–Kier alpha value is -1.88. The lowest BCUT2D eigenvalue weighted by Crippen LogP contribution is -2.46. The molecule has 1 amide bonds. The van der Waals surface area contributed by atoms with Gasteiger partial charge in [-0.25, -0.2) is 0 Å². The zero-order valence-corrected chi connectivity index (χ0v) is 11.2. The van der Waals surface area contributed by atoms with Crippen molar-refractivity contribution in [1.82, 2.24) is 9.88 Å². The summed E-state index contributed by atoms with van der Waals surface area (Å²) in [6.07, 6.45) is 4.31. The third-order valence-electron chi connectivity index (χ3n) is 4.70. The highest BCUT2D eigenvalue weighted by atomic mass is 16.3. The summed E-state index contributed by atoms with van der Waals surface area (Å²) in [6.45, 7) is 3.53. The highest BCUT2D eigenvalue weighted by molar-refractivity contribution is 5.94. The molecule has 0 aliphatic carbocycles. The fourth-order valence-electron chi connectivity index (χ4n) is 3.57. The molecule has 2 aromatic rings. The maximum atomic E-state index is 11.2. The lowest BCUT2D eigenvalue weighted by molar-refractivity contribution is 0.0855. The van der Waals surface area contributed by atoms with Crippen molar-refractivity contribution in [3.05, 3.63) is 29.8 Å². The molecule has 5 rings (SSSR count). The normalized spacial score (nSPS) is 28.9. The summed E-state index contributed by atoms with van der Waals surface area (Å²) < 4.78 is 5.51. The van der Waals surface area contributed by atoms with Crippen molar-refractivity contribution in [2.45, 2.75) is 18.8 Å². The van der Waals surface area contributed by atoms with E-state index in [1.165, 1.54) is 25.9 Å². The molecule has 3 fully saturated rings. The molecule has 20 heavy (non-hydrogen) atoms. The Morgan fingerprint density at radius 2 is 2.15 bits per heavy atom. The first-order chi connectivity index (χ1) is 9.70. The van der Waals surface area contributed by atoms with E-state index in [4.69, 9.17) is 10.2 Å². The topological polar surface area (TPSA) is 72.4 Å². The number of hydrogen-bond acceptors (Lipinski definition) is 4. The SMILES string of the molecule is NC(=O)c1cc2cnc([C@H]3CN4CCC3CC4)cc2o1. The summed E-state index contributed by atoms with van der Waals surface area (Å²) in [5, 5.41) is 0.837. The summed E-state index contributed by atoms with van der Waals surface area (Å²) in [7, 11) is 0. The summed E-state index contributed by atoms with van der Waals surface area (Å²) in [4.78, 5) is 18.3. The molecule has 2 bridgehead atoms. The molecule has 5 nitrogen and oxygen atoms in total. The van der Waals surface area contributed by atoms with Gasteiger partial charge in [0.05, 0.1) is 0 Å². The van der Waals surface area contributed by atoms with Crippen LogP contribution in [0.2, 0.25) is 0 Å². The zero-order chi connectivity index (χ0) is 13.7. The molecule has 3 aliphatic rings. The molecule has 0 unspecified atom stereocenters. The molecule has 2 aromatic heterocycles. The van der Waals surface area contributed by atoms with E-state index < -0.39 is 5.91 Å². The van der Waals surface area contributed by atoms with Gasteiger partial charge < -0.3 is 15.1 Å². The van der Waals surface area contributed by atoms with Gasteiger partial charge in [-0.2, -0.15) is 0 Å². The van der Waals surface area contributed by atoms with Crippen LogP contribution in [0.3, 0.4) is 0 Å². The first-order valence-corrected chi connectivity index (χ1v) is 7.12. The second-order valence-corrected chi connectivity index (χ2v) is 5.87. The number of piperidine rings is 3. The number of fused-ring (bicyclic) bond motifs is 4. The van der Waals surface area contributed by atoms with Crippen LogP contribution in [-0.4, -0.2) is 35.4 Å². The summed E-state index contributed by atoms with van der Waals surface area (Å²) in [6, 6.07) is 3.64. The van der Waals surface area contributed by atoms with E-state index in [1.807, 2.05) is 6.07 Å². The van der Waals surface area contributed by atoms with Crippen molar-refractivity contribution in [1.29, 1.82) is 0 Å². The molecule has 0 aromatic carbocycles. The fourth-order valence-corrected chi connectivity index (χ4v) is 3.57. The Balaban J connectivity index is 1.71. The number of carbonyl (C=O) groups is 1. The van der Waals surface area contributed by atoms with Crippen LogP contribution in [0.5, 0.6) is 0 Å². The number of amides is 1. The third-order valence-corrected chi connectivity index (χ3v) is 4.70. The molecule has 104 valence electrons. The lowest BCUT2D eigenvalue weighted by atomic mass is 9.77. The number of carbonyl (C=O) groups excluding carboxylic acids is 1. The van der Waals surface area contributed by atoms with E-state index in [-0.39, 0.29) is 5.76 Å². The van der Waals surface area contributed by atoms with Crippen molar-refractivity contribution < 1.29 is 9.21 Å². The zero-order valence-electron chi connectivity index (χ0n) is 11.2. The number of primary amides is 1. The van der Waals surface area contributed by atoms with Crippen LogP contribution in [0.15, 0.2) is 22.7 Å². The van der Waals surface area contributed by atoms with Crippen molar-refractivity contribution in [2.75, 3.05) is 19.6 Å². The van der Waals surface area contributed by atoms with Gasteiger partial charge in [-0.05, 0) is 37.9 Å². The third kappa shape index (κ3) is 1.81. The van der Waals surface area contributed by atoms with Crippen LogP contribution in [-0.2, 0) is 0 Å². The van der Waals surface area contributed by atoms with Gasteiger partial charge in [0.2, 0.25) is 0 Å². The fraction of sp³-hybridized carbons (Fsp3) is 0.467. The minimum atomic E-state index is -0.536. The monoisotopic (exact) mass is 271 g/mol. The van der Waals surface area contributed by atoms with Gasteiger partial charge >= 0.3 is 0 Å². The highest BCUT2D eigenvalue weighted by Gasteiger charge is 2.35. The van der Waals surface area contributed by atoms with Crippen LogP contribution in [0.25, 0.3) is 11.0 Å². The van der Waals surface area contributed by atoms with Gasteiger partial charge in [-0.1, -0.05) is 0 Å². The number of pyridine rings is 1. The number of aromatic nitrogens is 1. The standard InChI is InChI=1S/C15H17N3O2/c16-15(19)14-5-10-7-17-12(6-13(10)20-14)11-8-18-3-1-9(11)2-4-18/h5-7,9,11H,1-4,8H2,(H2,16,19)/t11-/m0/s1. The van der Waals surface area contributed by atoms with Crippen LogP contribution >= 0.6 is 0 Å². The molecule has 1 atom stereocenters.